The Hall–Kier alpha value is -1.10. The van der Waals surface area contributed by atoms with E-state index in [1.165, 1.54) is 7.11 Å². The molecular weight excluding hydrogens is 222 g/mol. The third-order valence-corrected chi connectivity index (χ3v) is 2.95. The first-order valence-corrected chi connectivity index (χ1v) is 6.10. The molecule has 0 aromatic rings. The van der Waals surface area contributed by atoms with Crippen molar-refractivity contribution in [1.82, 2.24) is 5.32 Å². The molecule has 0 bridgehead atoms. The average molecular weight is 243 g/mol. The number of carbonyl (C=O) groups is 2. The first kappa shape index (κ1) is 14.0. The normalized spacial score (nSPS) is 22.7. The Labute approximate surface area is 102 Å². The topological polar surface area (TPSA) is 64.6 Å². The zero-order valence-corrected chi connectivity index (χ0v) is 10.5. The number of rotatable bonds is 7. The lowest BCUT2D eigenvalue weighted by molar-refractivity contribution is -0.140. The smallest absolute Gasteiger partial charge is 0.307 e. The Balaban J connectivity index is 2.01. The number of esters is 1. The van der Waals surface area contributed by atoms with E-state index >= 15 is 0 Å². The van der Waals surface area contributed by atoms with E-state index in [4.69, 9.17) is 4.74 Å². The summed E-state index contributed by atoms with van der Waals surface area (Å²) in [6, 6.07) is 0. The van der Waals surface area contributed by atoms with Gasteiger partial charge in [-0.25, -0.2) is 0 Å². The zero-order chi connectivity index (χ0) is 12.7. The SMILES string of the molecule is CCOC1CC(CC(=O)NCCC(=O)OC)C1. The van der Waals surface area contributed by atoms with Gasteiger partial charge in [0.05, 0.1) is 19.6 Å². The fourth-order valence-electron chi connectivity index (χ4n) is 1.95. The molecule has 1 rings (SSSR count). The van der Waals surface area contributed by atoms with E-state index in [1.807, 2.05) is 6.92 Å². The molecule has 98 valence electrons. The summed E-state index contributed by atoms with van der Waals surface area (Å²) in [7, 11) is 1.34. The van der Waals surface area contributed by atoms with Gasteiger partial charge in [0, 0.05) is 19.6 Å². The minimum absolute atomic E-state index is 0.00820. The molecule has 0 aromatic carbocycles. The van der Waals surface area contributed by atoms with Gasteiger partial charge < -0.3 is 14.8 Å². The Morgan fingerprint density at radius 1 is 1.35 bits per heavy atom. The largest absolute Gasteiger partial charge is 0.469 e. The molecular formula is C12H21NO4. The second-order valence-electron chi connectivity index (χ2n) is 4.29. The first-order chi connectivity index (χ1) is 8.15. The second-order valence-corrected chi connectivity index (χ2v) is 4.29. The van der Waals surface area contributed by atoms with Crippen molar-refractivity contribution >= 4 is 11.9 Å². The molecule has 17 heavy (non-hydrogen) atoms. The molecule has 1 saturated carbocycles. The van der Waals surface area contributed by atoms with Crippen molar-refractivity contribution in [2.45, 2.75) is 38.7 Å². The van der Waals surface area contributed by atoms with Gasteiger partial charge in [-0.2, -0.15) is 0 Å². The van der Waals surface area contributed by atoms with E-state index in [1.54, 1.807) is 0 Å². The Morgan fingerprint density at radius 2 is 2.06 bits per heavy atom. The van der Waals surface area contributed by atoms with Crippen LogP contribution in [-0.2, 0) is 19.1 Å². The van der Waals surface area contributed by atoms with Crippen LogP contribution >= 0.6 is 0 Å². The number of methoxy groups -OCH3 is 1. The highest BCUT2D eigenvalue weighted by molar-refractivity contribution is 5.77. The summed E-state index contributed by atoms with van der Waals surface area (Å²) < 4.78 is 9.90. The summed E-state index contributed by atoms with van der Waals surface area (Å²) in [4.78, 5) is 22.3. The van der Waals surface area contributed by atoms with Gasteiger partial charge in [0.2, 0.25) is 5.91 Å². The van der Waals surface area contributed by atoms with Crippen LogP contribution in [0.15, 0.2) is 0 Å². The highest BCUT2D eigenvalue weighted by Crippen LogP contribution is 2.32. The fourth-order valence-corrected chi connectivity index (χ4v) is 1.95. The Morgan fingerprint density at radius 3 is 2.65 bits per heavy atom. The van der Waals surface area contributed by atoms with Crippen LogP contribution in [-0.4, -0.2) is 38.2 Å². The third-order valence-electron chi connectivity index (χ3n) is 2.95. The Bertz CT molecular complexity index is 261. The highest BCUT2D eigenvalue weighted by Gasteiger charge is 2.30. The van der Waals surface area contributed by atoms with Gasteiger partial charge in [-0.1, -0.05) is 0 Å². The quantitative estimate of drug-likeness (QED) is 0.674. The van der Waals surface area contributed by atoms with Gasteiger partial charge in [0.25, 0.3) is 0 Å². The molecule has 0 aliphatic heterocycles. The van der Waals surface area contributed by atoms with Crippen LogP contribution in [0.3, 0.4) is 0 Å². The first-order valence-electron chi connectivity index (χ1n) is 6.10. The van der Waals surface area contributed by atoms with Crippen LogP contribution in [0.5, 0.6) is 0 Å². The van der Waals surface area contributed by atoms with E-state index in [2.05, 4.69) is 10.1 Å². The molecule has 0 atom stereocenters. The number of hydrogen-bond acceptors (Lipinski definition) is 4. The van der Waals surface area contributed by atoms with Crippen LogP contribution < -0.4 is 5.32 Å². The van der Waals surface area contributed by atoms with E-state index < -0.39 is 0 Å². The lowest BCUT2D eigenvalue weighted by Gasteiger charge is -2.34. The molecule has 5 nitrogen and oxygen atoms in total. The minimum Gasteiger partial charge on any atom is -0.469 e. The van der Waals surface area contributed by atoms with Crippen molar-refractivity contribution in [3.63, 3.8) is 0 Å². The van der Waals surface area contributed by atoms with Crippen molar-refractivity contribution in [3.05, 3.63) is 0 Å². The molecule has 1 aliphatic rings. The van der Waals surface area contributed by atoms with Crippen molar-refractivity contribution in [2.75, 3.05) is 20.3 Å². The number of ether oxygens (including phenoxy) is 2. The van der Waals surface area contributed by atoms with Crippen molar-refractivity contribution in [2.24, 2.45) is 5.92 Å². The van der Waals surface area contributed by atoms with Crippen LogP contribution in [0, 0.1) is 5.92 Å². The molecule has 0 aromatic heterocycles. The van der Waals surface area contributed by atoms with E-state index in [0.717, 1.165) is 19.4 Å². The van der Waals surface area contributed by atoms with Gasteiger partial charge in [0.1, 0.15) is 0 Å². The minimum atomic E-state index is -0.301. The second kappa shape index (κ2) is 7.27. The highest BCUT2D eigenvalue weighted by atomic mass is 16.5. The maximum absolute atomic E-state index is 11.5. The standard InChI is InChI=1S/C12H21NO4/c1-3-17-10-6-9(7-10)8-11(14)13-5-4-12(15)16-2/h9-10H,3-8H2,1-2H3,(H,13,14). The van der Waals surface area contributed by atoms with Crippen LogP contribution in [0.4, 0.5) is 0 Å². The number of carbonyl (C=O) groups excluding carboxylic acids is 2. The molecule has 0 radical (unpaired) electrons. The molecule has 0 heterocycles. The van der Waals surface area contributed by atoms with Gasteiger partial charge >= 0.3 is 5.97 Å². The molecule has 0 saturated heterocycles. The zero-order valence-electron chi connectivity index (χ0n) is 10.5. The van der Waals surface area contributed by atoms with E-state index in [-0.39, 0.29) is 18.3 Å². The lowest BCUT2D eigenvalue weighted by atomic mass is 9.80. The summed E-state index contributed by atoms with van der Waals surface area (Å²) in [6.45, 7) is 3.07. The number of amides is 1. The van der Waals surface area contributed by atoms with Crippen LogP contribution in [0.1, 0.15) is 32.6 Å². The van der Waals surface area contributed by atoms with Crippen molar-refractivity contribution in [3.8, 4) is 0 Å². The molecule has 1 fully saturated rings. The predicted molar refractivity (Wildman–Crippen MR) is 62.4 cm³/mol. The van der Waals surface area contributed by atoms with E-state index in [0.29, 0.717) is 25.0 Å². The Kier molecular flexibility index (Phi) is 5.97. The third kappa shape index (κ3) is 5.17. The molecule has 5 heteroatoms. The molecule has 0 unspecified atom stereocenters. The number of hydrogen-bond donors (Lipinski definition) is 1. The van der Waals surface area contributed by atoms with Crippen LogP contribution in [0.2, 0.25) is 0 Å². The summed E-state index contributed by atoms with van der Waals surface area (Å²) >= 11 is 0. The summed E-state index contributed by atoms with van der Waals surface area (Å²) in [5.74, 6) is 0.142. The summed E-state index contributed by atoms with van der Waals surface area (Å²) in [5.41, 5.74) is 0. The summed E-state index contributed by atoms with van der Waals surface area (Å²) in [6.07, 6.45) is 3.04. The van der Waals surface area contributed by atoms with Gasteiger partial charge in [0.15, 0.2) is 0 Å². The number of nitrogens with one attached hydrogen (secondary N) is 1. The average Bonchev–Trinajstić information content (AvgIpc) is 2.26. The van der Waals surface area contributed by atoms with Crippen LogP contribution in [0.25, 0.3) is 0 Å². The van der Waals surface area contributed by atoms with Gasteiger partial charge in [-0.15, -0.1) is 0 Å². The molecule has 1 aliphatic carbocycles. The molecule has 0 spiro atoms. The van der Waals surface area contributed by atoms with Gasteiger partial charge in [-0.3, -0.25) is 9.59 Å². The molecule has 1 N–H and O–H groups in total. The maximum Gasteiger partial charge on any atom is 0.307 e. The monoisotopic (exact) mass is 243 g/mol. The van der Waals surface area contributed by atoms with E-state index in [9.17, 15) is 9.59 Å². The predicted octanol–water partition coefficient (Wildman–Crippen LogP) is 0.871. The van der Waals surface area contributed by atoms with Gasteiger partial charge in [-0.05, 0) is 25.7 Å². The molecule has 1 amide bonds. The summed E-state index contributed by atoms with van der Waals surface area (Å²) in [5, 5.41) is 2.71. The van der Waals surface area contributed by atoms with Crippen molar-refractivity contribution in [1.29, 1.82) is 0 Å². The fraction of sp³-hybridized carbons (Fsp3) is 0.833. The maximum atomic E-state index is 11.5. The van der Waals surface area contributed by atoms with Crippen molar-refractivity contribution < 1.29 is 19.1 Å². The lowest BCUT2D eigenvalue weighted by Crippen LogP contribution is -2.36.